The van der Waals surface area contributed by atoms with Crippen molar-refractivity contribution in [1.29, 1.82) is 0 Å². The molecule has 2 aromatic carbocycles. The van der Waals surface area contributed by atoms with E-state index in [1.165, 1.54) is 0 Å². The van der Waals surface area contributed by atoms with Crippen molar-refractivity contribution in [2.24, 2.45) is 5.16 Å². The lowest BCUT2D eigenvalue weighted by Crippen LogP contribution is -2.40. The van der Waals surface area contributed by atoms with Crippen LogP contribution in [0, 0.1) is 0 Å². The van der Waals surface area contributed by atoms with Crippen LogP contribution in [-0.4, -0.2) is 29.3 Å². The van der Waals surface area contributed by atoms with Crippen LogP contribution < -0.4 is 5.32 Å². The lowest BCUT2D eigenvalue weighted by Gasteiger charge is -2.24. The Bertz CT molecular complexity index is 789. The molecule has 2 aromatic rings. The normalized spacial score (nSPS) is 12.9. The fourth-order valence-electron chi connectivity index (χ4n) is 2.85. The zero-order chi connectivity index (χ0) is 21.8. The molecule has 2 rings (SSSR count). The maximum atomic E-state index is 12.3. The second-order valence-electron chi connectivity index (χ2n) is 8.12. The van der Waals surface area contributed by atoms with Gasteiger partial charge in [-0.2, -0.15) is 0 Å². The van der Waals surface area contributed by atoms with Crippen LogP contribution in [0.15, 0.2) is 65.8 Å². The standard InChI is InChI=1S/C24H31ClN2O3/c1-24(2,3)30-23(28)26-21(16-19-10-6-4-7-11-19)14-15-22(17-25)27-29-18-20-12-8-5-9-13-20/h4-13,21H,14-18H2,1-3H3,(H,26,28)/b27-22-/t21-/m0/s1. The third-order valence-corrected chi connectivity index (χ3v) is 4.56. The number of alkyl halides is 1. The molecule has 0 aliphatic rings. The van der Waals surface area contributed by atoms with E-state index in [9.17, 15) is 4.79 Å². The predicted molar refractivity (Wildman–Crippen MR) is 122 cm³/mol. The van der Waals surface area contributed by atoms with Crippen molar-refractivity contribution in [3.63, 3.8) is 0 Å². The molecule has 162 valence electrons. The maximum absolute atomic E-state index is 12.3. The molecule has 1 N–H and O–H groups in total. The monoisotopic (exact) mass is 430 g/mol. The number of benzene rings is 2. The summed E-state index contributed by atoms with van der Waals surface area (Å²) in [6.07, 6.45) is 1.56. The van der Waals surface area contributed by atoms with E-state index in [1.54, 1.807) is 0 Å². The Labute approximate surface area is 184 Å². The molecule has 0 spiro atoms. The Balaban J connectivity index is 1.94. The number of halogens is 1. The minimum Gasteiger partial charge on any atom is -0.444 e. The molecule has 1 amide bonds. The second kappa shape index (κ2) is 12.2. The molecule has 0 unspecified atom stereocenters. The summed E-state index contributed by atoms with van der Waals surface area (Å²) in [5.41, 5.74) is 2.39. The molecule has 0 fully saturated rings. The van der Waals surface area contributed by atoms with Crippen LogP contribution in [0.5, 0.6) is 0 Å². The Morgan fingerprint density at radius 1 is 1.03 bits per heavy atom. The van der Waals surface area contributed by atoms with E-state index in [1.807, 2.05) is 81.4 Å². The van der Waals surface area contributed by atoms with E-state index in [4.69, 9.17) is 21.2 Å². The number of oxime groups is 1. The topological polar surface area (TPSA) is 59.9 Å². The van der Waals surface area contributed by atoms with Gasteiger partial charge in [0.15, 0.2) is 0 Å². The zero-order valence-electron chi connectivity index (χ0n) is 17.9. The van der Waals surface area contributed by atoms with Gasteiger partial charge in [-0.05, 0) is 51.2 Å². The molecule has 6 heteroatoms. The molecule has 30 heavy (non-hydrogen) atoms. The number of nitrogens with one attached hydrogen (secondary N) is 1. The molecule has 0 aliphatic carbocycles. The summed E-state index contributed by atoms with van der Waals surface area (Å²) in [5, 5.41) is 7.18. The van der Waals surface area contributed by atoms with Gasteiger partial charge in [-0.15, -0.1) is 11.6 Å². The highest BCUT2D eigenvalue weighted by atomic mass is 35.5. The van der Waals surface area contributed by atoms with E-state index in [2.05, 4.69) is 10.5 Å². The Kier molecular flexibility index (Phi) is 9.68. The van der Waals surface area contributed by atoms with E-state index >= 15 is 0 Å². The number of amides is 1. The molecular formula is C24H31ClN2O3. The van der Waals surface area contributed by atoms with E-state index < -0.39 is 11.7 Å². The first-order valence-corrected chi connectivity index (χ1v) is 10.7. The SMILES string of the molecule is CC(C)(C)OC(=O)N[C@@H](CC/C(CCl)=N/OCc1ccccc1)Cc1ccccc1. The summed E-state index contributed by atoms with van der Waals surface area (Å²) in [7, 11) is 0. The van der Waals surface area contributed by atoms with Gasteiger partial charge in [-0.3, -0.25) is 0 Å². The fraction of sp³-hybridized carbons (Fsp3) is 0.417. The van der Waals surface area contributed by atoms with Crippen molar-refractivity contribution in [1.82, 2.24) is 5.32 Å². The number of carbonyl (C=O) groups is 1. The molecule has 1 atom stereocenters. The van der Waals surface area contributed by atoms with Gasteiger partial charge in [0, 0.05) is 6.04 Å². The molecule has 0 heterocycles. The zero-order valence-corrected chi connectivity index (χ0v) is 18.7. The van der Waals surface area contributed by atoms with Gasteiger partial charge in [0.1, 0.15) is 12.2 Å². The average molecular weight is 431 g/mol. The second-order valence-corrected chi connectivity index (χ2v) is 8.39. The van der Waals surface area contributed by atoms with Crippen molar-refractivity contribution >= 4 is 23.4 Å². The molecule has 0 saturated carbocycles. The highest BCUT2D eigenvalue weighted by Gasteiger charge is 2.20. The first-order valence-electron chi connectivity index (χ1n) is 10.2. The van der Waals surface area contributed by atoms with Gasteiger partial charge in [0.2, 0.25) is 0 Å². The number of hydrogen-bond donors (Lipinski definition) is 1. The van der Waals surface area contributed by atoms with Crippen molar-refractivity contribution in [3.05, 3.63) is 71.8 Å². The quantitative estimate of drug-likeness (QED) is 0.298. The van der Waals surface area contributed by atoms with Crippen LogP contribution in [0.3, 0.4) is 0 Å². The Hall–Kier alpha value is -2.53. The largest absolute Gasteiger partial charge is 0.444 e. The molecule has 0 bridgehead atoms. The van der Waals surface area contributed by atoms with E-state index in [0.29, 0.717) is 25.9 Å². The summed E-state index contributed by atoms with van der Waals surface area (Å²) in [6.45, 7) is 5.94. The fourth-order valence-corrected chi connectivity index (χ4v) is 3.03. The van der Waals surface area contributed by atoms with Crippen LogP contribution in [0.1, 0.15) is 44.7 Å². The predicted octanol–water partition coefficient (Wildman–Crippen LogP) is 5.71. The van der Waals surface area contributed by atoms with Gasteiger partial charge in [-0.25, -0.2) is 4.79 Å². The number of carbonyl (C=O) groups excluding carboxylic acids is 1. The number of nitrogens with zero attached hydrogens (tertiary/aromatic N) is 1. The number of ether oxygens (including phenoxy) is 1. The summed E-state index contributed by atoms with van der Waals surface area (Å²) >= 11 is 6.06. The highest BCUT2D eigenvalue weighted by Crippen LogP contribution is 2.12. The molecule has 0 aromatic heterocycles. The van der Waals surface area contributed by atoms with Crippen molar-refractivity contribution in [3.8, 4) is 0 Å². The minimum atomic E-state index is -0.546. The minimum absolute atomic E-state index is 0.107. The van der Waals surface area contributed by atoms with Gasteiger partial charge in [0.05, 0.1) is 11.6 Å². The third-order valence-electron chi connectivity index (χ3n) is 4.25. The van der Waals surface area contributed by atoms with Crippen molar-refractivity contribution in [2.75, 3.05) is 5.88 Å². The first kappa shape index (κ1) is 23.7. The molecule has 5 nitrogen and oxygen atoms in total. The van der Waals surface area contributed by atoms with Crippen molar-refractivity contribution in [2.45, 2.75) is 58.3 Å². The summed E-state index contributed by atoms with van der Waals surface area (Å²) in [5.74, 6) is 0.277. The van der Waals surface area contributed by atoms with Gasteiger partial charge >= 0.3 is 6.09 Å². The van der Waals surface area contributed by atoms with Crippen LogP contribution >= 0.6 is 11.6 Å². The van der Waals surface area contributed by atoms with Gasteiger partial charge < -0.3 is 14.9 Å². The number of alkyl carbamates (subject to hydrolysis) is 1. The first-order chi connectivity index (χ1) is 14.4. The molecule has 0 aliphatic heterocycles. The molecule has 0 radical (unpaired) electrons. The van der Waals surface area contributed by atoms with Crippen molar-refractivity contribution < 1.29 is 14.4 Å². The molecule has 0 saturated heterocycles. The van der Waals surface area contributed by atoms with Crippen LogP contribution in [0.25, 0.3) is 0 Å². The lowest BCUT2D eigenvalue weighted by atomic mass is 10.0. The average Bonchev–Trinajstić information content (AvgIpc) is 2.70. The smallest absolute Gasteiger partial charge is 0.407 e. The van der Waals surface area contributed by atoms with E-state index in [0.717, 1.165) is 16.8 Å². The van der Waals surface area contributed by atoms with Crippen LogP contribution in [-0.2, 0) is 22.6 Å². The number of hydrogen-bond acceptors (Lipinski definition) is 4. The van der Waals surface area contributed by atoms with Crippen LogP contribution in [0.2, 0.25) is 0 Å². The van der Waals surface area contributed by atoms with E-state index in [-0.39, 0.29) is 11.9 Å². The summed E-state index contributed by atoms with van der Waals surface area (Å²) in [4.78, 5) is 17.7. The van der Waals surface area contributed by atoms with Gasteiger partial charge in [-0.1, -0.05) is 65.8 Å². The highest BCUT2D eigenvalue weighted by molar-refractivity contribution is 6.28. The Morgan fingerprint density at radius 2 is 1.63 bits per heavy atom. The van der Waals surface area contributed by atoms with Crippen LogP contribution in [0.4, 0.5) is 4.79 Å². The lowest BCUT2D eigenvalue weighted by molar-refractivity contribution is 0.0502. The Morgan fingerprint density at radius 3 is 2.20 bits per heavy atom. The van der Waals surface area contributed by atoms with Gasteiger partial charge in [0.25, 0.3) is 0 Å². The maximum Gasteiger partial charge on any atom is 0.407 e. The third kappa shape index (κ3) is 9.79. The number of rotatable bonds is 10. The molecular weight excluding hydrogens is 400 g/mol. The summed E-state index contributed by atoms with van der Waals surface area (Å²) in [6, 6.07) is 19.8. The summed E-state index contributed by atoms with van der Waals surface area (Å²) < 4.78 is 5.42.